The molecule has 1 saturated heterocycles. The number of hydrogen-bond acceptors (Lipinski definition) is 5. The molecule has 154 valence electrons. The van der Waals surface area contributed by atoms with Crippen molar-refractivity contribution in [3.05, 3.63) is 74.6 Å². The second-order valence-electron chi connectivity index (χ2n) is 6.51. The van der Waals surface area contributed by atoms with Crippen LogP contribution in [0.4, 0.5) is 0 Å². The van der Waals surface area contributed by atoms with Crippen LogP contribution in [0.1, 0.15) is 27.9 Å². The van der Waals surface area contributed by atoms with Gasteiger partial charge in [-0.25, -0.2) is 0 Å². The highest BCUT2D eigenvalue weighted by molar-refractivity contribution is 9.10. The summed E-state index contributed by atoms with van der Waals surface area (Å²) in [7, 11) is 0. The predicted molar refractivity (Wildman–Crippen MR) is 125 cm³/mol. The molecule has 0 radical (unpaired) electrons. The van der Waals surface area contributed by atoms with E-state index in [1.54, 1.807) is 18.2 Å². The highest BCUT2D eigenvalue weighted by Gasteiger charge is 2.32. The number of hydrogen-bond donors (Lipinski definition) is 2. The number of nitrogens with zero attached hydrogens (tertiary/aromatic N) is 1. The first kappa shape index (κ1) is 22.2. The Morgan fingerprint density at radius 1 is 1.17 bits per heavy atom. The average molecular weight is 504 g/mol. The molecule has 0 unspecified atom stereocenters. The molecule has 0 spiro atoms. The van der Waals surface area contributed by atoms with Crippen LogP contribution < -0.4 is 10.9 Å². The molecule has 2 aromatic carbocycles. The maximum absolute atomic E-state index is 12.6. The SMILES string of the molecule is Cc1ccc(C(=O)NNC(=O)CCN2C(=O)/C(=C\c3cccc(Br)c3)SC2=S)cc1. The summed E-state index contributed by atoms with van der Waals surface area (Å²) in [5.41, 5.74) is 7.08. The molecule has 3 rings (SSSR count). The van der Waals surface area contributed by atoms with Gasteiger partial charge in [0.25, 0.3) is 11.8 Å². The fourth-order valence-corrected chi connectivity index (χ4v) is 4.35. The summed E-state index contributed by atoms with van der Waals surface area (Å²) < 4.78 is 1.31. The highest BCUT2D eigenvalue weighted by atomic mass is 79.9. The van der Waals surface area contributed by atoms with Gasteiger partial charge in [0.05, 0.1) is 4.91 Å². The van der Waals surface area contributed by atoms with Crippen molar-refractivity contribution < 1.29 is 14.4 Å². The van der Waals surface area contributed by atoms with E-state index >= 15 is 0 Å². The fourth-order valence-electron chi connectivity index (χ4n) is 2.62. The maximum atomic E-state index is 12.6. The lowest BCUT2D eigenvalue weighted by atomic mass is 10.1. The van der Waals surface area contributed by atoms with Gasteiger partial charge >= 0.3 is 0 Å². The number of amides is 3. The molecule has 0 bridgehead atoms. The van der Waals surface area contributed by atoms with Gasteiger partial charge in [0.1, 0.15) is 4.32 Å². The lowest BCUT2D eigenvalue weighted by Gasteiger charge is -2.14. The summed E-state index contributed by atoms with van der Waals surface area (Å²) in [5, 5.41) is 0. The molecular weight excluding hydrogens is 486 g/mol. The van der Waals surface area contributed by atoms with Crippen molar-refractivity contribution in [2.45, 2.75) is 13.3 Å². The summed E-state index contributed by atoms with van der Waals surface area (Å²) in [6.07, 6.45) is 1.77. The molecule has 3 amide bonds. The number of carbonyl (C=O) groups is 3. The third kappa shape index (κ3) is 5.78. The first-order valence-electron chi connectivity index (χ1n) is 9.00. The third-order valence-corrected chi connectivity index (χ3v) is 6.08. The van der Waals surface area contributed by atoms with Gasteiger partial charge in [-0.2, -0.15) is 0 Å². The van der Waals surface area contributed by atoms with Crippen LogP contribution in [0.2, 0.25) is 0 Å². The van der Waals surface area contributed by atoms with Crippen LogP contribution in [0.25, 0.3) is 6.08 Å². The van der Waals surface area contributed by atoms with Gasteiger partial charge in [0.2, 0.25) is 5.91 Å². The normalized spacial score (nSPS) is 14.9. The minimum absolute atomic E-state index is 0.00475. The number of nitrogens with one attached hydrogen (secondary N) is 2. The Kier molecular flexibility index (Phi) is 7.41. The van der Waals surface area contributed by atoms with Crippen molar-refractivity contribution >= 4 is 68.0 Å². The minimum Gasteiger partial charge on any atom is -0.292 e. The van der Waals surface area contributed by atoms with Crippen LogP contribution >= 0.6 is 39.9 Å². The van der Waals surface area contributed by atoms with Crippen molar-refractivity contribution in [3.63, 3.8) is 0 Å². The van der Waals surface area contributed by atoms with E-state index in [9.17, 15) is 14.4 Å². The molecule has 9 heteroatoms. The Labute approximate surface area is 192 Å². The van der Waals surface area contributed by atoms with E-state index in [1.807, 2.05) is 43.3 Å². The molecular formula is C21H18BrN3O3S2. The number of thioether (sulfide) groups is 1. The van der Waals surface area contributed by atoms with Crippen molar-refractivity contribution in [1.82, 2.24) is 15.8 Å². The van der Waals surface area contributed by atoms with Crippen LogP contribution in [0.3, 0.4) is 0 Å². The van der Waals surface area contributed by atoms with E-state index in [-0.39, 0.29) is 18.9 Å². The van der Waals surface area contributed by atoms with Crippen molar-refractivity contribution in [2.75, 3.05) is 6.54 Å². The predicted octanol–water partition coefficient (Wildman–Crippen LogP) is 3.81. The maximum Gasteiger partial charge on any atom is 0.269 e. The van der Waals surface area contributed by atoms with Gasteiger partial charge in [0, 0.05) is 23.0 Å². The van der Waals surface area contributed by atoms with E-state index in [2.05, 4.69) is 26.8 Å². The molecule has 2 N–H and O–H groups in total. The molecule has 1 heterocycles. The second kappa shape index (κ2) is 10.0. The van der Waals surface area contributed by atoms with Crippen LogP contribution in [0.5, 0.6) is 0 Å². The van der Waals surface area contributed by atoms with E-state index in [0.717, 1.165) is 15.6 Å². The Morgan fingerprint density at radius 2 is 1.90 bits per heavy atom. The largest absolute Gasteiger partial charge is 0.292 e. The Balaban J connectivity index is 1.52. The minimum atomic E-state index is -0.416. The van der Waals surface area contributed by atoms with Gasteiger partial charge in [-0.05, 0) is 42.8 Å². The smallest absolute Gasteiger partial charge is 0.269 e. The molecule has 2 aromatic rings. The number of benzene rings is 2. The molecule has 1 aliphatic rings. The van der Waals surface area contributed by atoms with E-state index < -0.39 is 11.8 Å². The molecule has 1 fully saturated rings. The van der Waals surface area contributed by atoms with Crippen LogP contribution in [0.15, 0.2) is 57.9 Å². The molecule has 1 aliphatic heterocycles. The molecule has 0 atom stereocenters. The Hall–Kier alpha value is -2.49. The van der Waals surface area contributed by atoms with Crippen LogP contribution in [0, 0.1) is 6.92 Å². The zero-order valence-electron chi connectivity index (χ0n) is 16.0. The first-order valence-corrected chi connectivity index (χ1v) is 11.0. The molecule has 30 heavy (non-hydrogen) atoms. The second-order valence-corrected chi connectivity index (χ2v) is 9.10. The zero-order chi connectivity index (χ0) is 21.7. The molecule has 6 nitrogen and oxygen atoms in total. The number of thiocarbonyl (C=S) groups is 1. The van der Waals surface area contributed by atoms with E-state index in [1.165, 1.54) is 16.7 Å². The van der Waals surface area contributed by atoms with Gasteiger partial charge in [-0.15, -0.1) is 0 Å². The van der Waals surface area contributed by atoms with Crippen molar-refractivity contribution in [2.24, 2.45) is 0 Å². The fraction of sp³-hybridized carbons (Fsp3) is 0.143. The van der Waals surface area contributed by atoms with Gasteiger partial charge in [-0.3, -0.25) is 30.1 Å². The monoisotopic (exact) mass is 503 g/mol. The van der Waals surface area contributed by atoms with Gasteiger partial charge in [-0.1, -0.05) is 69.7 Å². The average Bonchev–Trinajstić information content (AvgIpc) is 2.97. The number of hydrazine groups is 1. The third-order valence-electron chi connectivity index (χ3n) is 4.21. The lowest BCUT2D eigenvalue weighted by molar-refractivity contribution is -0.124. The topological polar surface area (TPSA) is 78.5 Å². The van der Waals surface area contributed by atoms with Crippen molar-refractivity contribution in [1.29, 1.82) is 0 Å². The Morgan fingerprint density at radius 3 is 2.60 bits per heavy atom. The summed E-state index contributed by atoms with van der Waals surface area (Å²) >= 11 is 9.89. The summed E-state index contributed by atoms with van der Waals surface area (Å²) in [5.74, 6) is -1.06. The standard InChI is InChI=1S/C21H18BrN3O3S2/c1-13-5-7-15(8-6-13)19(27)24-23-18(26)9-10-25-20(28)17(30-21(25)29)12-14-3-2-4-16(22)11-14/h2-8,11-12H,9-10H2,1H3,(H,23,26)(H,24,27)/b17-12+. The molecule has 0 saturated carbocycles. The van der Waals surface area contributed by atoms with E-state index in [0.29, 0.717) is 14.8 Å². The highest BCUT2D eigenvalue weighted by Crippen LogP contribution is 2.32. The van der Waals surface area contributed by atoms with Crippen molar-refractivity contribution in [3.8, 4) is 0 Å². The van der Waals surface area contributed by atoms with Crippen LogP contribution in [-0.2, 0) is 9.59 Å². The Bertz CT molecular complexity index is 1040. The summed E-state index contributed by atoms with van der Waals surface area (Å²) in [4.78, 5) is 38.7. The summed E-state index contributed by atoms with van der Waals surface area (Å²) in [6.45, 7) is 2.05. The molecule has 0 aromatic heterocycles. The number of halogens is 1. The number of aryl methyl sites for hydroxylation is 1. The van der Waals surface area contributed by atoms with Crippen LogP contribution in [-0.4, -0.2) is 33.5 Å². The zero-order valence-corrected chi connectivity index (χ0v) is 19.2. The summed E-state index contributed by atoms with van der Waals surface area (Å²) in [6, 6.07) is 14.5. The molecule has 0 aliphatic carbocycles. The lowest BCUT2D eigenvalue weighted by Crippen LogP contribution is -2.43. The quantitative estimate of drug-likeness (QED) is 0.368. The van der Waals surface area contributed by atoms with Gasteiger partial charge < -0.3 is 0 Å². The number of carbonyl (C=O) groups excluding carboxylic acids is 3. The number of rotatable bonds is 5. The van der Waals surface area contributed by atoms with Gasteiger partial charge in [0.15, 0.2) is 0 Å². The first-order chi connectivity index (χ1) is 14.3. The van der Waals surface area contributed by atoms with E-state index in [4.69, 9.17) is 12.2 Å².